The number of amides is 1. The number of nitrogens with one attached hydrogen (secondary N) is 1. The Balaban J connectivity index is 1.56. The van der Waals surface area contributed by atoms with Crippen LogP contribution in [0.5, 0.6) is 5.75 Å². The fourth-order valence-corrected chi connectivity index (χ4v) is 3.04. The van der Waals surface area contributed by atoms with Gasteiger partial charge < -0.3 is 15.8 Å². The number of hydrogen-bond acceptors (Lipinski definition) is 4. The summed E-state index contributed by atoms with van der Waals surface area (Å²) >= 11 is 0. The number of aryl methyl sites for hydroxylation is 1. The third kappa shape index (κ3) is 5.03. The highest BCUT2D eigenvalue weighted by molar-refractivity contribution is 5.94. The van der Waals surface area contributed by atoms with Crippen LogP contribution in [0.1, 0.15) is 47.3 Å². The molecule has 5 heteroatoms. The quantitative estimate of drug-likeness (QED) is 0.878. The summed E-state index contributed by atoms with van der Waals surface area (Å²) in [7, 11) is 0. The lowest BCUT2D eigenvalue weighted by Crippen LogP contribution is -2.40. The van der Waals surface area contributed by atoms with Crippen molar-refractivity contribution >= 4 is 5.91 Å². The van der Waals surface area contributed by atoms with E-state index in [1.807, 2.05) is 43.3 Å². The molecule has 0 atom stereocenters. The number of benzene rings is 1. The Labute approximate surface area is 148 Å². The topological polar surface area (TPSA) is 77.2 Å². The van der Waals surface area contributed by atoms with Crippen molar-refractivity contribution < 1.29 is 9.53 Å². The van der Waals surface area contributed by atoms with E-state index >= 15 is 0 Å². The second-order valence-corrected chi connectivity index (χ2v) is 6.71. The number of ether oxygens (including phenoxy) is 1. The zero-order chi connectivity index (χ0) is 17.6. The number of aromatic nitrogens is 1. The highest BCUT2D eigenvalue weighted by Crippen LogP contribution is 2.18. The minimum absolute atomic E-state index is 0.0284. The predicted octanol–water partition coefficient (Wildman–Crippen LogP) is 2.97. The average Bonchev–Trinajstić information content (AvgIpc) is 2.63. The van der Waals surface area contributed by atoms with Crippen molar-refractivity contribution in [1.29, 1.82) is 0 Å². The van der Waals surface area contributed by atoms with Crippen molar-refractivity contribution in [3.8, 4) is 5.75 Å². The van der Waals surface area contributed by atoms with Crippen LogP contribution in [-0.2, 0) is 6.61 Å². The van der Waals surface area contributed by atoms with E-state index in [0.717, 1.165) is 42.7 Å². The first-order chi connectivity index (χ1) is 12.1. The van der Waals surface area contributed by atoms with Crippen LogP contribution >= 0.6 is 0 Å². The fourth-order valence-electron chi connectivity index (χ4n) is 3.04. The predicted molar refractivity (Wildman–Crippen MR) is 97.4 cm³/mol. The molecule has 2 aromatic rings. The summed E-state index contributed by atoms with van der Waals surface area (Å²) in [5.41, 5.74) is 8.49. The number of nitrogens with zero attached hydrogens (tertiary/aromatic N) is 1. The van der Waals surface area contributed by atoms with Gasteiger partial charge in [-0.05, 0) is 62.4 Å². The Hall–Kier alpha value is -2.40. The van der Waals surface area contributed by atoms with Crippen LogP contribution in [0, 0.1) is 6.92 Å². The van der Waals surface area contributed by atoms with Gasteiger partial charge in [0.05, 0.1) is 6.20 Å². The first-order valence-corrected chi connectivity index (χ1v) is 8.81. The Morgan fingerprint density at radius 3 is 2.76 bits per heavy atom. The molecule has 3 rings (SSSR count). The minimum Gasteiger partial charge on any atom is -0.487 e. The molecule has 0 saturated heterocycles. The summed E-state index contributed by atoms with van der Waals surface area (Å²) in [6, 6.07) is 11.9. The number of pyridine rings is 1. The maximum Gasteiger partial charge on any atom is 0.251 e. The number of rotatable bonds is 5. The summed E-state index contributed by atoms with van der Waals surface area (Å²) in [6.07, 6.45) is 5.57. The summed E-state index contributed by atoms with van der Waals surface area (Å²) in [5, 5.41) is 3.12. The molecule has 1 fully saturated rings. The van der Waals surface area contributed by atoms with Crippen LogP contribution in [0.15, 0.2) is 42.6 Å². The maximum absolute atomic E-state index is 12.5. The van der Waals surface area contributed by atoms with Gasteiger partial charge in [-0.2, -0.15) is 0 Å². The normalized spacial score (nSPS) is 20.1. The molecule has 0 radical (unpaired) electrons. The number of nitrogens with two attached hydrogens (primary N) is 1. The van der Waals surface area contributed by atoms with Gasteiger partial charge in [0.25, 0.3) is 5.91 Å². The van der Waals surface area contributed by atoms with Gasteiger partial charge in [0.2, 0.25) is 0 Å². The molecule has 1 saturated carbocycles. The monoisotopic (exact) mass is 339 g/mol. The summed E-state index contributed by atoms with van der Waals surface area (Å²) in [5.74, 6) is 0.693. The van der Waals surface area contributed by atoms with Crippen LogP contribution < -0.4 is 15.8 Å². The van der Waals surface area contributed by atoms with E-state index in [0.29, 0.717) is 12.2 Å². The van der Waals surface area contributed by atoms with E-state index in [2.05, 4.69) is 10.3 Å². The molecule has 3 N–H and O–H groups in total. The molecule has 0 unspecified atom stereocenters. The van der Waals surface area contributed by atoms with Gasteiger partial charge >= 0.3 is 0 Å². The first kappa shape index (κ1) is 17.4. The second-order valence-electron chi connectivity index (χ2n) is 6.71. The molecule has 1 heterocycles. The van der Waals surface area contributed by atoms with Crippen LogP contribution in [-0.4, -0.2) is 23.0 Å². The number of carbonyl (C=O) groups is 1. The van der Waals surface area contributed by atoms with E-state index in [1.165, 1.54) is 0 Å². The van der Waals surface area contributed by atoms with Crippen molar-refractivity contribution in [3.05, 3.63) is 59.4 Å². The van der Waals surface area contributed by atoms with Crippen molar-refractivity contribution in [3.63, 3.8) is 0 Å². The molecule has 1 aliphatic rings. The van der Waals surface area contributed by atoms with E-state index < -0.39 is 0 Å². The molecule has 0 aliphatic heterocycles. The molecular weight excluding hydrogens is 314 g/mol. The Bertz CT molecular complexity index is 707. The molecule has 5 nitrogen and oxygen atoms in total. The van der Waals surface area contributed by atoms with Crippen LogP contribution in [0.25, 0.3) is 0 Å². The maximum atomic E-state index is 12.5. The second kappa shape index (κ2) is 8.12. The zero-order valence-electron chi connectivity index (χ0n) is 14.6. The van der Waals surface area contributed by atoms with Crippen molar-refractivity contribution in [2.45, 2.75) is 51.3 Å². The molecular formula is C20H25N3O2. The summed E-state index contributed by atoms with van der Waals surface area (Å²) in [6.45, 7) is 2.34. The third-order valence-corrected chi connectivity index (χ3v) is 4.59. The van der Waals surface area contributed by atoms with Crippen molar-refractivity contribution in [1.82, 2.24) is 10.3 Å². The Morgan fingerprint density at radius 1 is 1.24 bits per heavy atom. The largest absolute Gasteiger partial charge is 0.487 e. The highest BCUT2D eigenvalue weighted by Gasteiger charge is 2.20. The molecule has 1 aromatic heterocycles. The summed E-state index contributed by atoms with van der Waals surface area (Å²) < 4.78 is 5.74. The van der Waals surface area contributed by atoms with Gasteiger partial charge in [-0.3, -0.25) is 9.78 Å². The Morgan fingerprint density at radius 2 is 2.04 bits per heavy atom. The molecule has 1 aliphatic carbocycles. The zero-order valence-corrected chi connectivity index (χ0v) is 14.6. The fraction of sp³-hybridized carbons (Fsp3) is 0.400. The molecule has 0 bridgehead atoms. The molecule has 0 spiro atoms. The van der Waals surface area contributed by atoms with E-state index in [4.69, 9.17) is 10.5 Å². The number of hydrogen-bond donors (Lipinski definition) is 2. The summed E-state index contributed by atoms with van der Waals surface area (Å²) in [4.78, 5) is 16.7. The lowest BCUT2D eigenvalue weighted by molar-refractivity contribution is 0.0925. The van der Waals surface area contributed by atoms with Gasteiger partial charge in [-0.25, -0.2) is 0 Å². The van der Waals surface area contributed by atoms with Crippen LogP contribution in [0.3, 0.4) is 0 Å². The Kier molecular flexibility index (Phi) is 5.66. The van der Waals surface area contributed by atoms with Crippen molar-refractivity contribution in [2.24, 2.45) is 5.73 Å². The van der Waals surface area contributed by atoms with E-state index in [-0.39, 0.29) is 18.0 Å². The smallest absolute Gasteiger partial charge is 0.251 e. The molecule has 132 valence electrons. The number of carbonyl (C=O) groups excluding carboxylic acids is 1. The molecule has 1 aromatic carbocycles. The lowest BCUT2D eigenvalue weighted by Gasteiger charge is -2.26. The first-order valence-electron chi connectivity index (χ1n) is 8.81. The van der Waals surface area contributed by atoms with Gasteiger partial charge in [0.15, 0.2) is 0 Å². The average molecular weight is 339 g/mol. The van der Waals surface area contributed by atoms with E-state index in [1.54, 1.807) is 6.20 Å². The van der Waals surface area contributed by atoms with Gasteiger partial charge in [-0.15, -0.1) is 0 Å². The highest BCUT2D eigenvalue weighted by atomic mass is 16.5. The molecule has 1 amide bonds. The van der Waals surface area contributed by atoms with Gasteiger partial charge in [-0.1, -0.05) is 12.1 Å². The minimum atomic E-state index is -0.0284. The van der Waals surface area contributed by atoms with Crippen LogP contribution in [0.4, 0.5) is 0 Å². The third-order valence-electron chi connectivity index (χ3n) is 4.59. The van der Waals surface area contributed by atoms with Crippen LogP contribution in [0.2, 0.25) is 0 Å². The van der Waals surface area contributed by atoms with E-state index in [9.17, 15) is 4.79 Å². The lowest BCUT2D eigenvalue weighted by atomic mass is 9.91. The standard InChI is InChI=1S/C20H25N3O2/c1-14-5-10-19(12-22-14)25-13-15-3-2-4-16(11-15)20(24)23-18-8-6-17(21)7-9-18/h2-5,10-12,17-18H,6-9,13,21H2,1H3,(H,23,24). The van der Waals surface area contributed by atoms with Crippen molar-refractivity contribution in [2.75, 3.05) is 0 Å². The van der Waals surface area contributed by atoms with Gasteiger partial charge in [0, 0.05) is 23.3 Å². The van der Waals surface area contributed by atoms with Gasteiger partial charge in [0.1, 0.15) is 12.4 Å². The molecule has 25 heavy (non-hydrogen) atoms. The SMILES string of the molecule is Cc1ccc(OCc2cccc(C(=O)NC3CCC(N)CC3)c2)cn1.